The van der Waals surface area contributed by atoms with Gasteiger partial charge in [-0.25, -0.2) is 0 Å². The SMILES string of the molecule is CC(=O)OC1CC2(C)C3(CO3)C1OC1C=C(C)CC(O)C12CO. The van der Waals surface area contributed by atoms with Crippen LogP contribution in [0.5, 0.6) is 0 Å². The highest BCUT2D eigenvalue weighted by atomic mass is 16.7. The molecule has 0 amide bonds. The number of ether oxygens (including phenoxy) is 3. The zero-order valence-electron chi connectivity index (χ0n) is 13.7. The molecular weight excluding hydrogens is 300 g/mol. The van der Waals surface area contributed by atoms with Crippen molar-refractivity contribution in [1.82, 2.24) is 0 Å². The van der Waals surface area contributed by atoms with Gasteiger partial charge in [-0.15, -0.1) is 0 Å². The van der Waals surface area contributed by atoms with Crippen molar-refractivity contribution in [3.8, 4) is 0 Å². The summed E-state index contributed by atoms with van der Waals surface area (Å²) in [5.41, 5.74) is -0.883. The summed E-state index contributed by atoms with van der Waals surface area (Å²) in [6, 6.07) is 0. The molecule has 0 aromatic carbocycles. The van der Waals surface area contributed by atoms with Crippen molar-refractivity contribution in [3.63, 3.8) is 0 Å². The molecule has 2 bridgehead atoms. The minimum atomic E-state index is -0.839. The normalized spacial score (nSPS) is 53.7. The van der Waals surface area contributed by atoms with Gasteiger partial charge in [-0.1, -0.05) is 18.6 Å². The molecule has 23 heavy (non-hydrogen) atoms. The molecule has 7 atom stereocenters. The van der Waals surface area contributed by atoms with Crippen LogP contribution in [-0.4, -0.2) is 59.4 Å². The Morgan fingerprint density at radius 2 is 2.22 bits per heavy atom. The second-order valence-corrected chi connectivity index (χ2v) is 7.77. The molecule has 128 valence electrons. The Balaban J connectivity index is 1.84. The Morgan fingerprint density at radius 3 is 2.78 bits per heavy atom. The monoisotopic (exact) mass is 324 g/mol. The van der Waals surface area contributed by atoms with Gasteiger partial charge in [0.1, 0.15) is 17.8 Å². The Hall–Kier alpha value is -0.950. The molecule has 7 unspecified atom stereocenters. The van der Waals surface area contributed by atoms with Gasteiger partial charge in [0, 0.05) is 12.3 Å². The van der Waals surface area contributed by atoms with Gasteiger partial charge in [-0.3, -0.25) is 4.79 Å². The number of carbonyl (C=O) groups excluding carboxylic acids is 1. The van der Waals surface area contributed by atoms with E-state index in [9.17, 15) is 15.0 Å². The van der Waals surface area contributed by atoms with E-state index in [1.54, 1.807) is 0 Å². The third kappa shape index (κ3) is 1.65. The highest BCUT2D eigenvalue weighted by Crippen LogP contribution is 2.71. The molecule has 2 saturated heterocycles. The molecule has 2 aliphatic carbocycles. The van der Waals surface area contributed by atoms with Crippen LogP contribution in [-0.2, 0) is 19.0 Å². The standard InChI is InChI=1S/C17H24O6/c1-9-4-12(20)16(7-18)13(5-9)23-14-11(22-10(2)19)6-15(16,3)17(14)8-21-17/h5,11-14,18,20H,4,6-8H2,1-3H3. The van der Waals surface area contributed by atoms with E-state index in [0.717, 1.165) is 5.57 Å². The van der Waals surface area contributed by atoms with Crippen LogP contribution in [0.25, 0.3) is 0 Å². The highest BCUT2D eigenvalue weighted by Gasteiger charge is 2.83. The van der Waals surface area contributed by atoms with Crippen molar-refractivity contribution in [3.05, 3.63) is 11.6 Å². The molecule has 2 heterocycles. The average molecular weight is 324 g/mol. The van der Waals surface area contributed by atoms with Crippen LogP contribution >= 0.6 is 0 Å². The molecule has 3 fully saturated rings. The lowest BCUT2D eigenvalue weighted by Crippen LogP contribution is -2.68. The van der Waals surface area contributed by atoms with Gasteiger partial charge in [0.15, 0.2) is 0 Å². The maximum Gasteiger partial charge on any atom is 0.302 e. The van der Waals surface area contributed by atoms with Crippen LogP contribution in [0, 0.1) is 10.8 Å². The van der Waals surface area contributed by atoms with Crippen LogP contribution in [0.2, 0.25) is 0 Å². The summed E-state index contributed by atoms with van der Waals surface area (Å²) in [6.07, 6.45) is 1.16. The second kappa shape index (κ2) is 4.57. The minimum absolute atomic E-state index is 0.191. The van der Waals surface area contributed by atoms with Crippen molar-refractivity contribution in [1.29, 1.82) is 0 Å². The summed E-state index contributed by atoms with van der Waals surface area (Å²) in [5, 5.41) is 21.2. The second-order valence-electron chi connectivity index (χ2n) is 7.77. The molecule has 0 aromatic rings. The fourth-order valence-electron chi connectivity index (χ4n) is 5.48. The summed E-state index contributed by atoms with van der Waals surface area (Å²) in [6.45, 7) is 5.71. The van der Waals surface area contributed by atoms with Crippen LogP contribution in [0.3, 0.4) is 0 Å². The number of fused-ring (bicyclic) bond motifs is 2. The zero-order valence-corrected chi connectivity index (χ0v) is 13.7. The van der Waals surface area contributed by atoms with Gasteiger partial charge in [0.2, 0.25) is 0 Å². The zero-order chi connectivity index (χ0) is 16.6. The van der Waals surface area contributed by atoms with Crippen LogP contribution < -0.4 is 0 Å². The molecule has 6 heteroatoms. The highest BCUT2D eigenvalue weighted by molar-refractivity contribution is 5.66. The number of hydrogen-bond donors (Lipinski definition) is 2. The molecule has 0 aromatic heterocycles. The molecule has 4 aliphatic rings. The lowest BCUT2D eigenvalue weighted by Gasteiger charge is -2.58. The van der Waals surface area contributed by atoms with Crippen LogP contribution in [0.1, 0.15) is 33.6 Å². The van der Waals surface area contributed by atoms with E-state index in [1.807, 2.05) is 19.9 Å². The molecular formula is C17H24O6. The molecule has 1 spiro atoms. The van der Waals surface area contributed by atoms with Crippen molar-refractivity contribution >= 4 is 5.97 Å². The lowest BCUT2D eigenvalue weighted by atomic mass is 9.51. The molecule has 2 N–H and O–H groups in total. The smallest absolute Gasteiger partial charge is 0.302 e. The number of aliphatic hydroxyl groups is 2. The summed E-state index contributed by atoms with van der Waals surface area (Å²) < 4.78 is 17.6. The van der Waals surface area contributed by atoms with Crippen molar-refractivity contribution in [2.45, 2.75) is 63.6 Å². The van der Waals surface area contributed by atoms with Crippen molar-refractivity contribution in [2.24, 2.45) is 10.8 Å². The first-order valence-electron chi connectivity index (χ1n) is 8.23. The Morgan fingerprint density at radius 1 is 1.52 bits per heavy atom. The van der Waals surface area contributed by atoms with Crippen LogP contribution in [0.4, 0.5) is 0 Å². The lowest BCUT2D eigenvalue weighted by molar-refractivity contribution is -0.249. The summed E-state index contributed by atoms with van der Waals surface area (Å²) >= 11 is 0. The third-order valence-electron chi connectivity index (χ3n) is 6.75. The first kappa shape index (κ1) is 15.6. The fraction of sp³-hybridized carbons (Fsp3) is 0.824. The predicted octanol–water partition coefficient (Wildman–Crippen LogP) is 0.554. The van der Waals surface area contributed by atoms with Crippen LogP contribution in [0.15, 0.2) is 11.6 Å². The Kier molecular flexibility index (Phi) is 3.09. The van der Waals surface area contributed by atoms with Crippen molar-refractivity contribution in [2.75, 3.05) is 13.2 Å². The van der Waals surface area contributed by atoms with E-state index < -0.39 is 34.7 Å². The predicted molar refractivity (Wildman–Crippen MR) is 79.5 cm³/mol. The van der Waals surface area contributed by atoms with E-state index in [-0.39, 0.29) is 18.7 Å². The minimum Gasteiger partial charge on any atom is -0.460 e. The maximum atomic E-state index is 11.5. The fourth-order valence-corrected chi connectivity index (χ4v) is 5.48. The molecule has 6 nitrogen and oxygen atoms in total. The first-order valence-corrected chi connectivity index (χ1v) is 8.23. The maximum absolute atomic E-state index is 11.5. The number of rotatable bonds is 2. The number of aliphatic hydroxyl groups excluding tert-OH is 2. The number of esters is 1. The van der Waals surface area contributed by atoms with Gasteiger partial charge in [0.05, 0.1) is 30.8 Å². The Bertz CT molecular complexity index is 582. The average Bonchev–Trinajstić information content (AvgIpc) is 3.21. The largest absolute Gasteiger partial charge is 0.460 e. The number of epoxide rings is 1. The quantitative estimate of drug-likeness (QED) is 0.438. The molecule has 0 radical (unpaired) electrons. The summed E-state index contributed by atoms with van der Waals surface area (Å²) in [5.74, 6) is -0.348. The van der Waals surface area contributed by atoms with E-state index >= 15 is 0 Å². The molecule has 4 rings (SSSR count). The van der Waals surface area contributed by atoms with Gasteiger partial charge >= 0.3 is 5.97 Å². The van der Waals surface area contributed by atoms with E-state index in [1.165, 1.54) is 6.92 Å². The first-order chi connectivity index (χ1) is 10.8. The van der Waals surface area contributed by atoms with Gasteiger partial charge in [0.25, 0.3) is 0 Å². The van der Waals surface area contributed by atoms with E-state index in [2.05, 4.69) is 0 Å². The molecule has 1 saturated carbocycles. The number of carbonyl (C=O) groups is 1. The van der Waals surface area contributed by atoms with Gasteiger partial charge in [-0.2, -0.15) is 0 Å². The van der Waals surface area contributed by atoms with Gasteiger partial charge in [-0.05, 0) is 19.8 Å². The van der Waals surface area contributed by atoms with Gasteiger partial charge < -0.3 is 24.4 Å². The van der Waals surface area contributed by atoms with Crippen molar-refractivity contribution < 1.29 is 29.2 Å². The van der Waals surface area contributed by atoms with E-state index in [0.29, 0.717) is 19.4 Å². The summed E-state index contributed by atoms with van der Waals surface area (Å²) in [7, 11) is 0. The number of hydrogen-bond acceptors (Lipinski definition) is 6. The summed E-state index contributed by atoms with van der Waals surface area (Å²) in [4.78, 5) is 11.5. The third-order valence-corrected chi connectivity index (χ3v) is 6.75. The van der Waals surface area contributed by atoms with E-state index in [4.69, 9.17) is 14.2 Å². The molecule has 2 aliphatic heterocycles. The Labute approximate surface area is 135 Å². The topological polar surface area (TPSA) is 88.5 Å².